The van der Waals surface area contributed by atoms with Gasteiger partial charge in [-0.1, -0.05) is 0 Å². The van der Waals surface area contributed by atoms with Gasteiger partial charge in [0, 0.05) is 23.1 Å². The van der Waals surface area contributed by atoms with Crippen molar-refractivity contribution in [3.63, 3.8) is 0 Å². The van der Waals surface area contributed by atoms with E-state index in [0.29, 0.717) is 0 Å². The summed E-state index contributed by atoms with van der Waals surface area (Å²) in [6, 6.07) is 2.37. The Morgan fingerprint density at radius 3 is 2.26 bits per heavy atom. The highest BCUT2D eigenvalue weighted by Gasteiger charge is 2.45. The third kappa shape index (κ3) is 2.96. The summed E-state index contributed by atoms with van der Waals surface area (Å²) < 4.78 is 5.06. The number of carbonyl (C=O) groups excluding carboxylic acids is 3. The Balaban J connectivity index is 0.00000272. The molecule has 2 aliphatic rings. The van der Waals surface area contributed by atoms with Crippen molar-refractivity contribution < 1.29 is 44.7 Å². The van der Waals surface area contributed by atoms with Gasteiger partial charge >= 0.3 is 0 Å². The second-order valence-corrected chi connectivity index (χ2v) is 7.39. The molecule has 0 aliphatic heterocycles. The van der Waals surface area contributed by atoms with Gasteiger partial charge in [-0.3, -0.25) is 14.4 Å². The number of aliphatic hydroxyl groups is 2. The molecule has 0 amide bonds. The molecule has 2 aromatic carbocycles. The van der Waals surface area contributed by atoms with Gasteiger partial charge in [-0.05, 0) is 25.0 Å². The molecule has 164 valence electrons. The molecule has 0 fully saturated rings. The molecule has 0 aromatic heterocycles. The van der Waals surface area contributed by atoms with Crippen LogP contribution in [-0.2, 0) is 17.6 Å². The average Bonchev–Trinajstić information content (AvgIpc) is 2.73. The van der Waals surface area contributed by atoms with E-state index >= 15 is 0 Å². The van der Waals surface area contributed by atoms with E-state index in [1.54, 1.807) is 0 Å². The minimum atomic E-state index is -1.96. The van der Waals surface area contributed by atoms with Crippen molar-refractivity contribution in [3.8, 4) is 23.0 Å². The quantitative estimate of drug-likeness (QED) is 0.363. The number of ketones is 3. The Hall–Kier alpha value is -3.14. The van der Waals surface area contributed by atoms with E-state index in [4.69, 9.17) is 9.84 Å². The Morgan fingerprint density at radius 2 is 1.65 bits per heavy atom. The molecule has 10 heteroatoms. The molecular formula is C21H19ClO9. The molecule has 0 saturated heterocycles. The minimum Gasteiger partial charge on any atom is -0.507 e. The Morgan fingerprint density at radius 1 is 1.03 bits per heavy atom. The van der Waals surface area contributed by atoms with Crippen LogP contribution in [0.25, 0.3) is 0 Å². The second kappa shape index (κ2) is 7.52. The van der Waals surface area contributed by atoms with Gasteiger partial charge in [0.05, 0.1) is 23.8 Å². The maximum atomic E-state index is 13.2. The van der Waals surface area contributed by atoms with Crippen molar-refractivity contribution in [2.75, 3.05) is 13.7 Å². The molecule has 5 N–H and O–H groups in total. The van der Waals surface area contributed by atoms with E-state index in [-0.39, 0.29) is 59.0 Å². The Bertz CT molecular complexity index is 1150. The molecule has 0 heterocycles. The number of fused-ring (bicyclic) bond motifs is 3. The van der Waals surface area contributed by atoms with Crippen LogP contribution in [0.15, 0.2) is 12.1 Å². The highest BCUT2D eigenvalue weighted by molar-refractivity contribution is 6.31. The van der Waals surface area contributed by atoms with E-state index in [0.717, 1.165) is 0 Å². The van der Waals surface area contributed by atoms with Crippen LogP contribution in [0.5, 0.6) is 23.0 Å². The van der Waals surface area contributed by atoms with Gasteiger partial charge in [0.2, 0.25) is 5.78 Å². The van der Waals surface area contributed by atoms with Gasteiger partial charge in [-0.15, -0.1) is 12.4 Å². The van der Waals surface area contributed by atoms with Crippen molar-refractivity contribution in [3.05, 3.63) is 45.5 Å². The summed E-state index contributed by atoms with van der Waals surface area (Å²) in [5.74, 6) is -4.18. The van der Waals surface area contributed by atoms with Crippen molar-refractivity contribution in [2.45, 2.75) is 24.9 Å². The van der Waals surface area contributed by atoms with Gasteiger partial charge in [-0.2, -0.15) is 0 Å². The summed E-state index contributed by atoms with van der Waals surface area (Å²) in [7, 11) is 1.21. The number of ether oxygens (including phenoxy) is 1. The first kappa shape index (κ1) is 22.5. The number of hydrogen-bond acceptors (Lipinski definition) is 9. The summed E-state index contributed by atoms with van der Waals surface area (Å²) in [5, 5.41) is 51.3. The summed E-state index contributed by atoms with van der Waals surface area (Å²) in [6.07, 6.45) is -0.647. The lowest BCUT2D eigenvalue weighted by Gasteiger charge is -2.34. The molecule has 2 aliphatic carbocycles. The molecule has 1 unspecified atom stereocenters. The van der Waals surface area contributed by atoms with Crippen molar-refractivity contribution in [2.24, 2.45) is 0 Å². The standard InChI is InChI=1S/C21H18O9.ClH/c1-30-20-11(23)3-2-9-13(20)19(28)15-14(17(9)26)18(27)10-6-21(29,12(24)7-22)5-4-8(10)16(15)25;/h2-3,22-23,25,27,29H,4-7H2,1H3;1H. The van der Waals surface area contributed by atoms with Gasteiger partial charge < -0.3 is 30.3 Å². The normalized spacial score (nSPS) is 19.1. The SMILES string of the molecule is COc1c(O)ccc2c1C(=O)c1c(O)c3c(c(O)c1C2=O)CC(O)(C(=O)CO)CC3.Cl. The molecule has 1 atom stereocenters. The zero-order valence-corrected chi connectivity index (χ0v) is 17.1. The van der Waals surface area contributed by atoms with Crippen molar-refractivity contribution >= 4 is 29.8 Å². The summed E-state index contributed by atoms with van der Waals surface area (Å²) >= 11 is 0. The molecule has 31 heavy (non-hydrogen) atoms. The lowest BCUT2D eigenvalue weighted by atomic mass is 9.73. The van der Waals surface area contributed by atoms with Crippen LogP contribution in [0, 0.1) is 0 Å². The topological polar surface area (TPSA) is 162 Å². The first-order chi connectivity index (χ1) is 14.2. The molecule has 0 bridgehead atoms. The van der Waals surface area contributed by atoms with Gasteiger partial charge in [0.1, 0.15) is 23.7 Å². The maximum absolute atomic E-state index is 13.2. The summed E-state index contributed by atoms with van der Waals surface area (Å²) in [6.45, 7) is -0.905. The number of phenolic OH excluding ortho intramolecular Hbond substituents is 3. The fourth-order valence-corrected chi connectivity index (χ4v) is 4.28. The Kier molecular flexibility index (Phi) is 5.47. The van der Waals surface area contributed by atoms with E-state index in [1.165, 1.54) is 19.2 Å². The van der Waals surface area contributed by atoms with E-state index in [9.17, 15) is 34.8 Å². The van der Waals surface area contributed by atoms with Crippen LogP contribution < -0.4 is 4.74 Å². The number of rotatable bonds is 3. The zero-order chi connectivity index (χ0) is 22.0. The van der Waals surface area contributed by atoms with Crippen LogP contribution in [0.1, 0.15) is 49.4 Å². The average molecular weight is 451 g/mol. The highest BCUT2D eigenvalue weighted by Crippen LogP contribution is 2.49. The predicted octanol–water partition coefficient (Wildman–Crippen LogP) is 0.790. The maximum Gasteiger partial charge on any atom is 0.202 e. The largest absolute Gasteiger partial charge is 0.507 e. The summed E-state index contributed by atoms with van der Waals surface area (Å²) in [5.41, 5.74) is -3.10. The summed E-state index contributed by atoms with van der Waals surface area (Å²) in [4.78, 5) is 38.3. The smallest absolute Gasteiger partial charge is 0.202 e. The number of hydrogen-bond donors (Lipinski definition) is 5. The van der Waals surface area contributed by atoms with Gasteiger partial charge in [0.25, 0.3) is 0 Å². The number of aliphatic hydroxyl groups excluding tert-OH is 1. The van der Waals surface area contributed by atoms with Crippen LogP contribution in [0.4, 0.5) is 0 Å². The molecular weight excluding hydrogens is 432 g/mol. The third-order valence-electron chi connectivity index (χ3n) is 5.85. The lowest BCUT2D eigenvalue weighted by Crippen LogP contribution is -2.45. The fourth-order valence-electron chi connectivity index (χ4n) is 4.28. The molecule has 0 spiro atoms. The number of benzene rings is 2. The van der Waals surface area contributed by atoms with Gasteiger partial charge in [0.15, 0.2) is 23.1 Å². The molecule has 0 radical (unpaired) electrons. The van der Waals surface area contributed by atoms with Crippen LogP contribution in [0.2, 0.25) is 0 Å². The second-order valence-electron chi connectivity index (χ2n) is 7.39. The minimum absolute atomic E-state index is 0. The number of phenols is 3. The number of aromatic hydroxyl groups is 3. The number of carbonyl (C=O) groups is 3. The van der Waals surface area contributed by atoms with Crippen molar-refractivity contribution in [1.29, 1.82) is 0 Å². The number of halogens is 1. The Labute approximate surface area is 181 Å². The third-order valence-corrected chi connectivity index (χ3v) is 5.85. The van der Waals surface area contributed by atoms with E-state index in [1.807, 2.05) is 0 Å². The zero-order valence-electron chi connectivity index (χ0n) is 16.3. The van der Waals surface area contributed by atoms with Crippen molar-refractivity contribution in [1.82, 2.24) is 0 Å². The van der Waals surface area contributed by atoms with Crippen LogP contribution in [0.3, 0.4) is 0 Å². The van der Waals surface area contributed by atoms with E-state index in [2.05, 4.69) is 0 Å². The highest BCUT2D eigenvalue weighted by atomic mass is 35.5. The van der Waals surface area contributed by atoms with Crippen LogP contribution in [-0.4, -0.2) is 62.2 Å². The fraction of sp³-hybridized carbons (Fsp3) is 0.286. The van der Waals surface area contributed by atoms with Gasteiger partial charge in [-0.25, -0.2) is 0 Å². The molecule has 4 rings (SSSR count). The van der Waals surface area contributed by atoms with E-state index < -0.39 is 58.6 Å². The molecule has 2 aromatic rings. The number of Topliss-reactive ketones (excluding diaryl/α,β-unsaturated/α-hetero) is 1. The molecule has 0 saturated carbocycles. The number of methoxy groups -OCH3 is 1. The first-order valence-electron chi connectivity index (χ1n) is 9.11. The molecule has 9 nitrogen and oxygen atoms in total. The van der Waals surface area contributed by atoms with Crippen LogP contribution >= 0.6 is 12.4 Å². The predicted molar refractivity (Wildman–Crippen MR) is 108 cm³/mol. The monoisotopic (exact) mass is 450 g/mol. The first-order valence-corrected chi connectivity index (χ1v) is 9.11. The lowest BCUT2D eigenvalue weighted by molar-refractivity contribution is -0.141.